The van der Waals surface area contributed by atoms with Crippen LogP contribution in [0.4, 0.5) is 0 Å². The number of hydrogen-bond donors (Lipinski definition) is 1. The van der Waals surface area contributed by atoms with Crippen LogP contribution in [-0.4, -0.2) is 28.1 Å². The van der Waals surface area contributed by atoms with Crippen LogP contribution in [0.2, 0.25) is 0 Å². The standard InChI is InChI=1S/C22H25BrN2O3/c1-4-27-21(26)22(2,3)28-17-11-8-15(9-12-17)6-5-7-20-24-18-13-10-16(23)14-19(18)25-20/h8-14H,4-7H2,1-3H3,(H,24,25). The lowest BCUT2D eigenvalue weighted by Crippen LogP contribution is -2.39. The van der Waals surface area contributed by atoms with Gasteiger partial charge in [-0.3, -0.25) is 0 Å². The summed E-state index contributed by atoms with van der Waals surface area (Å²) in [6.07, 6.45) is 2.83. The van der Waals surface area contributed by atoms with Crippen molar-refractivity contribution in [3.8, 4) is 5.75 Å². The van der Waals surface area contributed by atoms with Gasteiger partial charge >= 0.3 is 5.97 Å². The number of H-pyrrole nitrogens is 1. The monoisotopic (exact) mass is 444 g/mol. The fourth-order valence-electron chi connectivity index (χ4n) is 2.98. The molecule has 0 amide bonds. The number of halogens is 1. The number of aryl methyl sites for hydroxylation is 2. The fraction of sp³-hybridized carbons (Fsp3) is 0.364. The van der Waals surface area contributed by atoms with E-state index >= 15 is 0 Å². The Morgan fingerprint density at radius 2 is 1.89 bits per heavy atom. The number of rotatable bonds is 8. The second kappa shape index (κ2) is 8.78. The molecule has 148 valence electrons. The molecule has 0 spiro atoms. The van der Waals surface area contributed by atoms with Crippen LogP contribution in [0.25, 0.3) is 11.0 Å². The summed E-state index contributed by atoms with van der Waals surface area (Å²) in [5.41, 5.74) is 2.26. The molecule has 6 heteroatoms. The molecule has 3 rings (SSSR count). The van der Waals surface area contributed by atoms with Crippen molar-refractivity contribution < 1.29 is 14.3 Å². The molecule has 0 aliphatic rings. The molecule has 0 bridgehead atoms. The maximum atomic E-state index is 11.9. The van der Waals surface area contributed by atoms with Crippen molar-refractivity contribution in [3.05, 3.63) is 58.3 Å². The van der Waals surface area contributed by atoms with E-state index in [1.807, 2.05) is 42.5 Å². The van der Waals surface area contributed by atoms with E-state index in [2.05, 4.69) is 25.9 Å². The van der Waals surface area contributed by atoms with Crippen molar-refractivity contribution in [2.24, 2.45) is 0 Å². The van der Waals surface area contributed by atoms with Crippen molar-refractivity contribution in [1.82, 2.24) is 9.97 Å². The van der Waals surface area contributed by atoms with Gasteiger partial charge in [-0.1, -0.05) is 28.1 Å². The number of aromatic amines is 1. The Balaban J connectivity index is 1.53. The summed E-state index contributed by atoms with van der Waals surface area (Å²) in [5, 5.41) is 0. The highest BCUT2D eigenvalue weighted by Crippen LogP contribution is 2.22. The molecule has 0 saturated carbocycles. The van der Waals surface area contributed by atoms with Crippen molar-refractivity contribution in [3.63, 3.8) is 0 Å². The SMILES string of the molecule is CCOC(=O)C(C)(C)Oc1ccc(CCCc2nc3ccc(Br)cc3[nH]2)cc1. The number of carbonyl (C=O) groups excluding carboxylic acids is 1. The molecule has 0 saturated heterocycles. The zero-order chi connectivity index (χ0) is 20.1. The molecule has 1 N–H and O–H groups in total. The molecule has 1 heterocycles. The number of benzene rings is 2. The van der Waals surface area contributed by atoms with Crippen LogP contribution < -0.4 is 4.74 Å². The van der Waals surface area contributed by atoms with Gasteiger partial charge in [0.1, 0.15) is 11.6 Å². The predicted molar refractivity (Wildman–Crippen MR) is 114 cm³/mol. The van der Waals surface area contributed by atoms with Gasteiger partial charge in [-0.05, 0) is 69.5 Å². The van der Waals surface area contributed by atoms with E-state index in [4.69, 9.17) is 9.47 Å². The van der Waals surface area contributed by atoms with Gasteiger partial charge in [0, 0.05) is 10.9 Å². The predicted octanol–water partition coefficient (Wildman–Crippen LogP) is 5.22. The van der Waals surface area contributed by atoms with Crippen LogP contribution in [-0.2, 0) is 22.4 Å². The van der Waals surface area contributed by atoms with Gasteiger partial charge in [0.05, 0.1) is 17.6 Å². The second-order valence-electron chi connectivity index (χ2n) is 7.18. The minimum Gasteiger partial charge on any atom is -0.476 e. The van der Waals surface area contributed by atoms with Crippen LogP contribution in [0.3, 0.4) is 0 Å². The van der Waals surface area contributed by atoms with Crippen molar-refractivity contribution in [2.45, 2.75) is 45.6 Å². The maximum absolute atomic E-state index is 11.9. The zero-order valence-corrected chi connectivity index (χ0v) is 18.0. The van der Waals surface area contributed by atoms with Crippen LogP contribution in [0.5, 0.6) is 5.75 Å². The molecule has 0 radical (unpaired) electrons. The number of nitrogens with zero attached hydrogens (tertiary/aromatic N) is 1. The van der Waals surface area contributed by atoms with Gasteiger partial charge in [0.25, 0.3) is 0 Å². The number of fused-ring (bicyclic) bond motifs is 1. The first-order chi connectivity index (χ1) is 13.4. The van der Waals surface area contributed by atoms with E-state index in [1.54, 1.807) is 20.8 Å². The van der Waals surface area contributed by atoms with Gasteiger partial charge in [-0.15, -0.1) is 0 Å². The van der Waals surface area contributed by atoms with Crippen molar-refractivity contribution in [2.75, 3.05) is 6.61 Å². The quantitative estimate of drug-likeness (QED) is 0.483. The molecule has 2 aromatic carbocycles. The lowest BCUT2D eigenvalue weighted by atomic mass is 10.1. The van der Waals surface area contributed by atoms with Gasteiger partial charge in [0.2, 0.25) is 0 Å². The Morgan fingerprint density at radius 1 is 1.14 bits per heavy atom. The third-order valence-electron chi connectivity index (χ3n) is 4.44. The summed E-state index contributed by atoms with van der Waals surface area (Å²) < 4.78 is 11.9. The van der Waals surface area contributed by atoms with E-state index in [-0.39, 0.29) is 5.97 Å². The summed E-state index contributed by atoms with van der Waals surface area (Å²) in [5.74, 6) is 1.30. The van der Waals surface area contributed by atoms with Gasteiger partial charge < -0.3 is 14.5 Å². The van der Waals surface area contributed by atoms with E-state index in [9.17, 15) is 4.79 Å². The van der Waals surface area contributed by atoms with E-state index in [1.165, 1.54) is 5.56 Å². The summed E-state index contributed by atoms with van der Waals surface area (Å²) in [4.78, 5) is 19.9. The van der Waals surface area contributed by atoms with Crippen LogP contribution in [0.1, 0.15) is 38.6 Å². The minimum absolute atomic E-state index is 0.340. The van der Waals surface area contributed by atoms with Gasteiger partial charge in [0.15, 0.2) is 5.60 Å². The molecular formula is C22H25BrN2O3. The molecule has 3 aromatic rings. The molecule has 5 nitrogen and oxygen atoms in total. The lowest BCUT2D eigenvalue weighted by molar-refractivity contribution is -0.158. The van der Waals surface area contributed by atoms with Gasteiger partial charge in [-0.2, -0.15) is 0 Å². The molecule has 0 unspecified atom stereocenters. The van der Waals surface area contributed by atoms with E-state index in [0.717, 1.165) is 40.6 Å². The van der Waals surface area contributed by atoms with E-state index in [0.29, 0.717) is 12.4 Å². The molecule has 28 heavy (non-hydrogen) atoms. The van der Waals surface area contributed by atoms with Crippen LogP contribution in [0, 0.1) is 0 Å². The number of nitrogens with one attached hydrogen (secondary N) is 1. The van der Waals surface area contributed by atoms with Gasteiger partial charge in [-0.25, -0.2) is 9.78 Å². The Labute approximate surface area is 173 Å². The number of ether oxygens (including phenoxy) is 2. The normalized spacial score (nSPS) is 11.6. The average Bonchev–Trinajstić information content (AvgIpc) is 3.05. The minimum atomic E-state index is -1.01. The fourth-order valence-corrected chi connectivity index (χ4v) is 3.34. The van der Waals surface area contributed by atoms with Crippen molar-refractivity contribution in [1.29, 1.82) is 0 Å². The highest BCUT2D eigenvalue weighted by Gasteiger charge is 2.31. The smallest absolute Gasteiger partial charge is 0.349 e. The summed E-state index contributed by atoms with van der Waals surface area (Å²) >= 11 is 3.48. The molecular weight excluding hydrogens is 420 g/mol. The number of esters is 1. The highest BCUT2D eigenvalue weighted by molar-refractivity contribution is 9.10. The lowest BCUT2D eigenvalue weighted by Gasteiger charge is -2.24. The molecule has 0 aliphatic carbocycles. The molecule has 0 fully saturated rings. The van der Waals surface area contributed by atoms with E-state index < -0.39 is 5.60 Å². The number of hydrogen-bond acceptors (Lipinski definition) is 4. The first-order valence-electron chi connectivity index (χ1n) is 9.46. The first-order valence-corrected chi connectivity index (χ1v) is 10.3. The average molecular weight is 445 g/mol. The largest absolute Gasteiger partial charge is 0.476 e. The molecule has 0 aliphatic heterocycles. The second-order valence-corrected chi connectivity index (χ2v) is 8.09. The first kappa shape index (κ1) is 20.4. The Morgan fingerprint density at radius 3 is 2.61 bits per heavy atom. The third kappa shape index (κ3) is 5.13. The Bertz CT molecular complexity index is 948. The highest BCUT2D eigenvalue weighted by atomic mass is 79.9. The molecule has 1 aromatic heterocycles. The topological polar surface area (TPSA) is 64.2 Å². The van der Waals surface area contributed by atoms with Crippen LogP contribution >= 0.6 is 15.9 Å². The Hall–Kier alpha value is -2.34. The number of imidazole rings is 1. The summed E-state index contributed by atoms with van der Waals surface area (Å²) in [6.45, 7) is 5.55. The molecule has 0 atom stereocenters. The maximum Gasteiger partial charge on any atom is 0.349 e. The number of aromatic nitrogens is 2. The third-order valence-corrected chi connectivity index (χ3v) is 4.93. The van der Waals surface area contributed by atoms with Crippen LogP contribution in [0.15, 0.2) is 46.9 Å². The summed E-state index contributed by atoms with van der Waals surface area (Å²) in [7, 11) is 0. The number of carbonyl (C=O) groups is 1. The summed E-state index contributed by atoms with van der Waals surface area (Å²) in [6, 6.07) is 13.9. The Kier molecular flexibility index (Phi) is 6.39. The zero-order valence-electron chi connectivity index (χ0n) is 16.4. The van der Waals surface area contributed by atoms with Crippen molar-refractivity contribution >= 4 is 32.9 Å².